The van der Waals surface area contributed by atoms with Crippen LogP contribution in [0.15, 0.2) is 42.5 Å². The molecular weight excluding hydrogens is 391 g/mol. The minimum atomic E-state index is -0.703. The van der Waals surface area contributed by atoms with Crippen molar-refractivity contribution in [1.82, 2.24) is 0 Å². The highest BCUT2D eigenvalue weighted by atomic mass is 35.5. The van der Waals surface area contributed by atoms with Gasteiger partial charge in [-0.2, -0.15) is 0 Å². The van der Waals surface area contributed by atoms with Gasteiger partial charge in [0.15, 0.2) is 6.61 Å². The Morgan fingerprint density at radius 1 is 1.11 bits per heavy atom. The molecule has 0 atom stereocenters. The van der Waals surface area contributed by atoms with E-state index in [9.17, 15) is 14.4 Å². The lowest BCUT2D eigenvalue weighted by molar-refractivity contribution is -0.119. The average molecular weight is 407 g/mol. The van der Waals surface area contributed by atoms with Crippen molar-refractivity contribution in [2.75, 3.05) is 23.4 Å². The van der Waals surface area contributed by atoms with E-state index in [1.165, 1.54) is 18.2 Å². The van der Waals surface area contributed by atoms with Crippen LogP contribution in [0.3, 0.4) is 0 Å². The van der Waals surface area contributed by atoms with Gasteiger partial charge < -0.3 is 15.0 Å². The second kappa shape index (κ2) is 8.41. The van der Waals surface area contributed by atoms with Gasteiger partial charge in [-0.1, -0.05) is 29.3 Å². The zero-order chi connectivity index (χ0) is 19.4. The first-order chi connectivity index (χ1) is 12.9. The summed E-state index contributed by atoms with van der Waals surface area (Å²) in [5, 5.41) is 3.24. The number of carbonyl (C=O) groups excluding carboxylic acids is 3. The summed E-state index contributed by atoms with van der Waals surface area (Å²) in [7, 11) is 0. The maximum absolute atomic E-state index is 12.1. The number of carbonyl (C=O) groups is 3. The van der Waals surface area contributed by atoms with Crippen LogP contribution in [0.4, 0.5) is 11.4 Å². The smallest absolute Gasteiger partial charge is 0.338 e. The van der Waals surface area contributed by atoms with Gasteiger partial charge >= 0.3 is 5.97 Å². The van der Waals surface area contributed by atoms with Crippen molar-refractivity contribution in [3.63, 3.8) is 0 Å². The van der Waals surface area contributed by atoms with Gasteiger partial charge in [0.25, 0.3) is 5.91 Å². The molecule has 2 aromatic carbocycles. The Hall–Kier alpha value is -2.57. The van der Waals surface area contributed by atoms with Crippen molar-refractivity contribution in [2.45, 2.75) is 12.8 Å². The first-order valence-corrected chi connectivity index (χ1v) is 9.01. The molecule has 1 aliphatic rings. The maximum Gasteiger partial charge on any atom is 0.338 e. The van der Waals surface area contributed by atoms with Crippen LogP contribution in [0, 0.1) is 0 Å². The van der Waals surface area contributed by atoms with Gasteiger partial charge in [0.1, 0.15) is 0 Å². The molecule has 1 N–H and O–H groups in total. The fraction of sp³-hybridized carbons (Fsp3) is 0.211. The number of rotatable bonds is 5. The number of hydrogen-bond donors (Lipinski definition) is 1. The third-order valence-corrected chi connectivity index (χ3v) is 4.38. The summed E-state index contributed by atoms with van der Waals surface area (Å²) in [6, 6.07) is 11.3. The summed E-state index contributed by atoms with van der Waals surface area (Å²) >= 11 is 11.7. The maximum atomic E-state index is 12.1. The summed E-state index contributed by atoms with van der Waals surface area (Å²) < 4.78 is 4.99. The Bertz CT molecular complexity index is 881. The summed E-state index contributed by atoms with van der Waals surface area (Å²) in [5.41, 5.74) is 1.40. The average Bonchev–Trinajstić information content (AvgIpc) is 3.05. The molecule has 1 saturated heterocycles. The topological polar surface area (TPSA) is 75.7 Å². The normalized spacial score (nSPS) is 13.6. The predicted octanol–water partition coefficient (Wildman–Crippen LogP) is 3.92. The lowest BCUT2D eigenvalue weighted by atomic mass is 10.2. The van der Waals surface area contributed by atoms with Crippen molar-refractivity contribution < 1.29 is 19.1 Å². The molecule has 0 unspecified atom stereocenters. The van der Waals surface area contributed by atoms with E-state index >= 15 is 0 Å². The first kappa shape index (κ1) is 19.2. The molecule has 0 aliphatic carbocycles. The van der Waals surface area contributed by atoms with E-state index in [2.05, 4.69) is 5.32 Å². The van der Waals surface area contributed by atoms with Gasteiger partial charge in [-0.3, -0.25) is 9.59 Å². The van der Waals surface area contributed by atoms with Gasteiger partial charge in [0.2, 0.25) is 5.91 Å². The molecule has 0 saturated carbocycles. The van der Waals surface area contributed by atoms with Crippen LogP contribution in [-0.4, -0.2) is 30.9 Å². The lowest BCUT2D eigenvalue weighted by Crippen LogP contribution is -2.24. The fourth-order valence-corrected chi connectivity index (χ4v) is 3.28. The minimum absolute atomic E-state index is 0.0626. The molecule has 1 aliphatic heterocycles. The Balaban J connectivity index is 1.58. The molecule has 140 valence electrons. The van der Waals surface area contributed by atoms with E-state index in [-0.39, 0.29) is 11.5 Å². The van der Waals surface area contributed by atoms with Crippen LogP contribution < -0.4 is 10.2 Å². The molecule has 0 radical (unpaired) electrons. The Kier molecular flexibility index (Phi) is 5.98. The van der Waals surface area contributed by atoms with Crippen molar-refractivity contribution in [1.29, 1.82) is 0 Å². The van der Waals surface area contributed by atoms with Crippen LogP contribution >= 0.6 is 23.2 Å². The minimum Gasteiger partial charge on any atom is -0.452 e. The third kappa shape index (κ3) is 4.99. The molecule has 1 fully saturated rings. The summed E-state index contributed by atoms with van der Waals surface area (Å²) in [6.07, 6.45) is 1.35. The Labute approximate surface area is 166 Å². The number of halogens is 2. The summed E-state index contributed by atoms with van der Waals surface area (Å²) in [6.45, 7) is 0.200. The molecule has 1 heterocycles. The monoisotopic (exact) mass is 406 g/mol. The standard InChI is InChI=1S/C19H16Cl2N2O4/c20-13-7-12(8-14(21)9-13)19(26)27-11-17(24)22-15-3-1-4-16(10-15)23-6-2-5-18(23)25/h1,3-4,7-10H,2,5-6,11H2,(H,22,24). The number of nitrogens with zero attached hydrogens (tertiary/aromatic N) is 1. The SMILES string of the molecule is O=C(COC(=O)c1cc(Cl)cc(Cl)c1)Nc1cccc(N2CCCC2=O)c1. The molecule has 3 rings (SSSR count). The molecule has 0 aromatic heterocycles. The van der Waals surface area contributed by atoms with E-state index < -0.39 is 18.5 Å². The fourth-order valence-electron chi connectivity index (χ4n) is 2.76. The second-order valence-corrected chi connectivity index (χ2v) is 6.85. The summed E-state index contributed by atoms with van der Waals surface area (Å²) in [5.74, 6) is -1.14. The molecule has 2 amide bonds. The van der Waals surface area contributed by atoms with E-state index in [4.69, 9.17) is 27.9 Å². The molecule has 6 nitrogen and oxygen atoms in total. The van der Waals surface area contributed by atoms with Crippen LogP contribution in [0.5, 0.6) is 0 Å². The number of amides is 2. The van der Waals surface area contributed by atoms with Gasteiger partial charge in [-0.05, 0) is 42.8 Å². The van der Waals surface area contributed by atoms with Crippen LogP contribution in [0.25, 0.3) is 0 Å². The number of benzene rings is 2. The van der Waals surface area contributed by atoms with Gasteiger partial charge in [-0.25, -0.2) is 4.79 Å². The van der Waals surface area contributed by atoms with E-state index in [0.29, 0.717) is 28.7 Å². The first-order valence-electron chi connectivity index (χ1n) is 8.26. The quantitative estimate of drug-likeness (QED) is 0.763. The number of esters is 1. The van der Waals surface area contributed by atoms with E-state index in [0.717, 1.165) is 12.1 Å². The number of ether oxygens (including phenoxy) is 1. The number of hydrogen-bond acceptors (Lipinski definition) is 4. The molecule has 0 bridgehead atoms. The molecule has 2 aromatic rings. The van der Waals surface area contributed by atoms with Gasteiger partial charge in [0, 0.05) is 34.4 Å². The van der Waals surface area contributed by atoms with Crippen LogP contribution in [0.2, 0.25) is 10.0 Å². The Morgan fingerprint density at radius 2 is 1.85 bits per heavy atom. The second-order valence-electron chi connectivity index (χ2n) is 5.98. The third-order valence-electron chi connectivity index (χ3n) is 3.95. The molecule has 8 heteroatoms. The van der Waals surface area contributed by atoms with Crippen LogP contribution in [-0.2, 0) is 14.3 Å². The zero-order valence-electron chi connectivity index (χ0n) is 14.2. The number of anilines is 2. The molecular formula is C19H16Cl2N2O4. The largest absolute Gasteiger partial charge is 0.452 e. The zero-order valence-corrected chi connectivity index (χ0v) is 15.7. The van der Waals surface area contributed by atoms with Gasteiger partial charge in [0.05, 0.1) is 5.56 Å². The van der Waals surface area contributed by atoms with Crippen molar-refractivity contribution in [3.05, 3.63) is 58.1 Å². The van der Waals surface area contributed by atoms with Crippen molar-refractivity contribution in [2.24, 2.45) is 0 Å². The molecule has 27 heavy (non-hydrogen) atoms. The number of nitrogens with one attached hydrogen (secondary N) is 1. The van der Waals surface area contributed by atoms with Crippen molar-refractivity contribution in [3.8, 4) is 0 Å². The van der Waals surface area contributed by atoms with Gasteiger partial charge in [-0.15, -0.1) is 0 Å². The van der Waals surface area contributed by atoms with E-state index in [1.54, 1.807) is 23.1 Å². The van der Waals surface area contributed by atoms with E-state index in [1.807, 2.05) is 6.07 Å². The lowest BCUT2D eigenvalue weighted by Gasteiger charge is -2.16. The Morgan fingerprint density at radius 3 is 2.52 bits per heavy atom. The predicted molar refractivity (Wildman–Crippen MR) is 103 cm³/mol. The summed E-state index contributed by atoms with van der Waals surface area (Å²) in [4.78, 5) is 37.6. The molecule has 0 spiro atoms. The van der Waals surface area contributed by atoms with Crippen LogP contribution in [0.1, 0.15) is 23.2 Å². The highest BCUT2D eigenvalue weighted by Crippen LogP contribution is 2.24. The highest BCUT2D eigenvalue weighted by molar-refractivity contribution is 6.35. The highest BCUT2D eigenvalue weighted by Gasteiger charge is 2.21. The van der Waals surface area contributed by atoms with Crippen molar-refractivity contribution >= 4 is 52.4 Å².